The molecule has 1 nitrogen and oxygen atoms in total. The number of halogens is 3. The maximum absolute atomic E-state index is 12.5. The monoisotopic (exact) mass is 288 g/mol. The molecular formula is C16H23F3O. The Morgan fingerprint density at radius 2 is 1.60 bits per heavy atom. The van der Waals surface area contributed by atoms with Crippen molar-refractivity contribution in [2.45, 2.75) is 58.0 Å². The van der Waals surface area contributed by atoms with Crippen LogP contribution in [0.5, 0.6) is 5.75 Å². The van der Waals surface area contributed by atoms with Gasteiger partial charge in [0.05, 0.1) is 12.2 Å². The van der Waals surface area contributed by atoms with Crippen molar-refractivity contribution in [3.8, 4) is 5.75 Å². The van der Waals surface area contributed by atoms with Gasteiger partial charge in [0.2, 0.25) is 0 Å². The Balaban J connectivity index is 2.19. The molecule has 114 valence electrons. The van der Waals surface area contributed by atoms with Crippen LogP contribution in [0.2, 0.25) is 0 Å². The van der Waals surface area contributed by atoms with Crippen LogP contribution in [-0.2, 0) is 6.18 Å². The first-order chi connectivity index (χ1) is 9.54. The van der Waals surface area contributed by atoms with Gasteiger partial charge in [-0.05, 0) is 24.6 Å². The molecule has 0 aliphatic heterocycles. The van der Waals surface area contributed by atoms with E-state index in [1.165, 1.54) is 38.2 Å². The molecule has 1 aromatic rings. The molecule has 0 saturated carbocycles. The van der Waals surface area contributed by atoms with E-state index in [0.29, 0.717) is 12.4 Å². The van der Waals surface area contributed by atoms with Gasteiger partial charge >= 0.3 is 6.18 Å². The lowest BCUT2D eigenvalue weighted by molar-refractivity contribution is -0.137. The molecule has 0 unspecified atom stereocenters. The van der Waals surface area contributed by atoms with E-state index in [9.17, 15) is 13.2 Å². The lowest BCUT2D eigenvalue weighted by Gasteiger charge is -2.10. The van der Waals surface area contributed by atoms with Crippen molar-refractivity contribution in [2.24, 2.45) is 0 Å². The second kappa shape index (κ2) is 8.88. The number of hydrogen-bond donors (Lipinski definition) is 0. The quantitative estimate of drug-likeness (QED) is 0.519. The Hall–Kier alpha value is -1.19. The molecule has 0 amide bonds. The zero-order chi connectivity index (χ0) is 14.8. The lowest BCUT2D eigenvalue weighted by atomic mass is 10.1. The molecule has 0 radical (unpaired) electrons. The standard InChI is InChI=1S/C16H23F3O/c1-2-3-4-5-6-7-8-12-20-15-11-9-10-14(13-15)16(17,18)19/h9-11,13H,2-8,12H2,1H3. The highest BCUT2D eigenvalue weighted by Gasteiger charge is 2.30. The fourth-order valence-corrected chi connectivity index (χ4v) is 2.01. The summed E-state index contributed by atoms with van der Waals surface area (Å²) in [5, 5.41) is 0. The zero-order valence-corrected chi connectivity index (χ0v) is 12.0. The van der Waals surface area contributed by atoms with E-state index >= 15 is 0 Å². The van der Waals surface area contributed by atoms with E-state index in [-0.39, 0.29) is 0 Å². The van der Waals surface area contributed by atoms with Crippen molar-refractivity contribution >= 4 is 0 Å². The predicted octanol–water partition coefficient (Wildman–Crippen LogP) is 5.83. The van der Waals surface area contributed by atoms with Crippen molar-refractivity contribution in [3.05, 3.63) is 29.8 Å². The average Bonchev–Trinajstić information content (AvgIpc) is 2.41. The normalized spacial score (nSPS) is 11.6. The van der Waals surface area contributed by atoms with Crippen molar-refractivity contribution in [1.82, 2.24) is 0 Å². The lowest BCUT2D eigenvalue weighted by Crippen LogP contribution is -2.05. The number of alkyl halides is 3. The van der Waals surface area contributed by atoms with Gasteiger partial charge in [-0.25, -0.2) is 0 Å². The molecule has 0 saturated heterocycles. The van der Waals surface area contributed by atoms with E-state index in [1.54, 1.807) is 6.07 Å². The van der Waals surface area contributed by atoms with Gasteiger partial charge in [0.25, 0.3) is 0 Å². The highest BCUT2D eigenvalue weighted by molar-refractivity contribution is 5.30. The van der Waals surface area contributed by atoms with Crippen molar-refractivity contribution in [3.63, 3.8) is 0 Å². The maximum Gasteiger partial charge on any atom is 0.416 e. The van der Waals surface area contributed by atoms with Crippen LogP contribution in [0.3, 0.4) is 0 Å². The van der Waals surface area contributed by atoms with Gasteiger partial charge in [-0.15, -0.1) is 0 Å². The summed E-state index contributed by atoms with van der Waals surface area (Å²) in [6.45, 7) is 2.66. The van der Waals surface area contributed by atoms with E-state index < -0.39 is 11.7 Å². The van der Waals surface area contributed by atoms with Crippen molar-refractivity contribution in [2.75, 3.05) is 6.61 Å². The number of ether oxygens (including phenoxy) is 1. The summed E-state index contributed by atoms with van der Waals surface area (Å²) < 4.78 is 42.9. The topological polar surface area (TPSA) is 9.23 Å². The third kappa shape index (κ3) is 6.83. The smallest absolute Gasteiger partial charge is 0.416 e. The van der Waals surface area contributed by atoms with Crippen LogP contribution in [0, 0.1) is 0 Å². The molecule has 1 rings (SSSR count). The molecule has 4 heteroatoms. The fourth-order valence-electron chi connectivity index (χ4n) is 2.01. The van der Waals surface area contributed by atoms with Gasteiger partial charge in [-0.1, -0.05) is 51.5 Å². The third-order valence-electron chi connectivity index (χ3n) is 3.18. The minimum atomic E-state index is -4.31. The molecule has 0 bridgehead atoms. The van der Waals surface area contributed by atoms with Crippen LogP contribution in [0.15, 0.2) is 24.3 Å². The van der Waals surface area contributed by atoms with Gasteiger partial charge in [-0.3, -0.25) is 0 Å². The number of rotatable bonds is 9. The molecule has 0 fully saturated rings. The van der Waals surface area contributed by atoms with Gasteiger partial charge < -0.3 is 4.74 Å². The second-order valence-corrected chi connectivity index (χ2v) is 5.00. The Morgan fingerprint density at radius 3 is 2.25 bits per heavy atom. The molecule has 0 atom stereocenters. The van der Waals surface area contributed by atoms with E-state index in [4.69, 9.17) is 4.74 Å². The average molecular weight is 288 g/mol. The molecule has 0 heterocycles. The Labute approximate surface area is 119 Å². The molecule has 0 N–H and O–H groups in total. The van der Waals surface area contributed by atoms with Gasteiger partial charge in [0.1, 0.15) is 5.75 Å². The van der Waals surface area contributed by atoms with Crippen molar-refractivity contribution < 1.29 is 17.9 Å². The molecular weight excluding hydrogens is 265 g/mol. The van der Waals surface area contributed by atoms with Gasteiger partial charge in [0, 0.05) is 0 Å². The predicted molar refractivity (Wildman–Crippen MR) is 74.9 cm³/mol. The summed E-state index contributed by atoms with van der Waals surface area (Å²) in [5.74, 6) is 0.297. The van der Waals surface area contributed by atoms with Crippen LogP contribution in [-0.4, -0.2) is 6.61 Å². The molecule has 0 aromatic heterocycles. The summed E-state index contributed by atoms with van der Waals surface area (Å²) in [5.41, 5.74) is -0.658. The van der Waals surface area contributed by atoms with Crippen LogP contribution in [0.25, 0.3) is 0 Å². The van der Waals surface area contributed by atoms with Gasteiger partial charge in [0.15, 0.2) is 0 Å². The summed E-state index contributed by atoms with van der Waals surface area (Å²) >= 11 is 0. The van der Waals surface area contributed by atoms with Crippen LogP contribution < -0.4 is 4.74 Å². The first kappa shape index (κ1) is 16.9. The summed E-state index contributed by atoms with van der Waals surface area (Å²) in [6.07, 6.45) is 3.84. The molecule has 1 aromatic carbocycles. The summed E-state index contributed by atoms with van der Waals surface area (Å²) in [4.78, 5) is 0. The van der Waals surface area contributed by atoms with Crippen LogP contribution in [0.4, 0.5) is 13.2 Å². The van der Waals surface area contributed by atoms with Crippen LogP contribution in [0.1, 0.15) is 57.4 Å². The Kier molecular flexibility index (Phi) is 7.48. The van der Waals surface area contributed by atoms with E-state index in [1.807, 2.05) is 0 Å². The first-order valence-corrected chi connectivity index (χ1v) is 7.34. The highest BCUT2D eigenvalue weighted by Crippen LogP contribution is 2.31. The van der Waals surface area contributed by atoms with Crippen LogP contribution >= 0.6 is 0 Å². The number of unbranched alkanes of at least 4 members (excludes halogenated alkanes) is 6. The van der Waals surface area contributed by atoms with Gasteiger partial charge in [-0.2, -0.15) is 13.2 Å². The SMILES string of the molecule is CCCCCCCCCOc1cccc(C(F)(F)F)c1. The Morgan fingerprint density at radius 1 is 0.950 bits per heavy atom. The minimum Gasteiger partial charge on any atom is -0.494 e. The first-order valence-electron chi connectivity index (χ1n) is 7.34. The van der Waals surface area contributed by atoms with E-state index in [2.05, 4.69) is 6.92 Å². The summed E-state index contributed by atoms with van der Waals surface area (Å²) in [6, 6.07) is 5.06. The maximum atomic E-state index is 12.5. The molecule has 0 spiro atoms. The fraction of sp³-hybridized carbons (Fsp3) is 0.625. The largest absolute Gasteiger partial charge is 0.494 e. The number of hydrogen-bond acceptors (Lipinski definition) is 1. The third-order valence-corrected chi connectivity index (χ3v) is 3.18. The zero-order valence-electron chi connectivity index (χ0n) is 12.0. The molecule has 0 aliphatic rings. The van der Waals surface area contributed by atoms with Crippen molar-refractivity contribution in [1.29, 1.82) is 0 Å². The second-order valence-electron chi connectivity index (χ2n) is 5.00. The molecule has 20 heavy (non-hydrogen) atoms. The Bertz CT molecular complexity index is 374. The number of benzene rings is 1. The highest BCUT2D eigenvalue weighted by atomic mass is 19.4. The van der Waals surface area contributed by atoms with E-state index in [0.717, 1.165) is 25.0 Å². The molecule has 0 aliphatic carbocycles. The summed E-state index contributed by atoms with van der Waals surface area (Å²) in [7, 11) is 0. The minimum absolute atomic E-state index is 0.297.